The van der Waals surface area contributed by atoms with E-state index in [1.165, 1.54) is 0 Å². The number of amides is 1. The number of carbonyl (C=O) groups excluding carboxylic acids is 1. The fraction of sp³-hybridized carbons (Fsp3) is 0.278. The molecule has 3 nitrogen and oxygen atoms in total. The van der Waals surface area contributed by atoms with Gasteiger partial charge in [0.15, 0.2) is 6.10 Å². The predicted molar refractivity (Wildman–Crippen MR) is 96.4 cm³/mol. The molecule has 24 heavy (non-hydrogen) atoms. The lowest BCUT2D eigenvalue weighted by atomic mass is 10.1. The van der Waals surface area contributed by atoms with Gasteiger partial charge in [-0.15, -0.1) is 0 Å². The van der Waals surface area contributed by atoms with Crippen LogP contribution < -0.4 is 0 Å². The third-order valence-electron chi connectivity index (χ3n) is 4.08. The number of rotatable bonds is 3. The summed E-state index contributed by atoms with van der Waals surface area (Å²) in [4.78, 5) is 14.2. The summed E-state index contributed by atoms with van der Waals surface area (Å²) in [5, 5.41) is 0. The van der Waals surface area contributed by atoms with Crippen LogP contribution in [0.3, 0.4) is 0 Å². The Hall–Kier alpha value is -1.42. The minimum Gasteiger partial charge on any atom is -0.437 e. The van der Waals surface area contributed by atoms with Gasteiger partial charge >= 0.3 is 6.09 Å². The second kappa shape index (κ2) is 6.83. The summed E-state index contributed by atoms with van der Waals surface area (Å²) in [6, 6.07) is 18.8. The minimum atomic E-state index is -1.75. The second-order valence-electron chi connectivity index (χ2n) is 5.72. The number of carbonyl (C=O) groups is 1. The quantitative estimate of drug-likeness (QED) is 0.503. The SMILES string of the molecule is C[C@H]1[C@@H](c2ccccc2)N1C(=O)O[C@H](c1ccccc1)C(Cl)(Cl)Cl. The van der Waals surface area contributed by atoms with E-state index in [0.717, 1.165) is 5.56 Å². The monoisotopic (exact) mass is 383 g/mol. The Bertz CT molecular complexity index is 703. The van der Waals surface area contributed by atoms with Crippen molar-refractivity contribution in [3.8, 4) is 0 Å². The molecule has 0 radical (unpaired) electrons. The fourth-order valence-corrected chi connectivity index (χ4v) is 3.34. The number of benzene rings is 2. The van der Waals surface area contributed by atoms with Crippen molar-refractivity contribution in [2.75, 3.05) is 0 Å². The van der Waals surface area contributed by atoms with Gasteiger partial charge in [0.2, 0.25) is 3.79 Å². The van der Waals surface area contributed by atoms with E-state index < -0.39 is 16.0 Å². The molecule has 1 fully saturated rings. The summed E-state index contributed by atoms with van der Waals surface area (Å²) >= 11 is 18.1. The Labute approximate surface area is 156 Å². The van der Waals surface area contributed by atoms with Gasteiger partial charge in [0, 0.05) is 0 Å². The number of alkyl halides is 3. The van der Waals surface area contributed by atoms with Gasteiger partial charge in [0.05, 0.1) is 12.1 Å². The van der Waals surface area contributed by atoms with E-state index in [0.29, 0.717) is 5.56 Å². The van der Waals surface area contributed by atoms with Crippen LogP contribution in [-0.2, 0) is 4.74 Å². The van der Waals surface area contributed by atoms with Gasteiger partial charge in [-0.1, -0.05) is 95.5 Å². The van der Waals surface area contributed by atoms with Crippen molar-refractivity contribution in [2.24, 2.45) is 0 Å². The Morgan fingerprint density at radius 2 is 1.58 bits per heavy atom. The van der Waals surface area contributed by atoms with Crippen molar-refractivity contribution in [2.45, 2.75) is 28.9 Å². The number of nitrogens with zero attached hydrogens (tertiary/aromatic N) is 1. The van der Waals surface area contributed by atoms with Crippen molar-refractivity contribution in [1.29, 1.82) is 0 Å². The molecule has 0 spiro atoms. The van der Waals surface area contributed by atoms with E-state index in [1.807, 2.05) is 43.3 Å². The van der Waals surface area contributed by atoms with Crippen LogP contribution in [0.15, 0.2) is 60.7 Å². The molecule has 2 aromatic rings. The molecule has 1 amide bonds. The maximum Gasteiger partial charge on any atom is 0.411 e. The van der Waals surface area contributed by atoms with E-state index in [2.05, 4.69) is 0 Å². The molecule has 0 N–H and O–H groups in total. The third-order valence-corrected chi connectivity index (χ3v) is 4.67. The normalized spacial score (nSPS) is 21.2. The van der Waals surface area contributed by atoms with E-state index in [9.17, 15) is 4.79 Å². The van der Waals surface area contributed by atoms with Crippen LogP contribution >= 0.6 is 34.8 Å². The average Bonchev–Trinajstić information content (AvgIpc) is 3.24. The molecule has 1 aliphatic heterocycles. The van der Waals surface area contributed by atoms with Crippen LogP contribution in [0.25, 0.3) is 0 Å². The number of ether oxygens (including phenoxy) is 1. The van der Waals surface area contributed by atoms with Gasteiger partial charge in [0.25, 0.3) is 0 Å². The van der Waals surface area contributed by atoms with Gasteiger partial charge in [-0.05, 0) is 18.1 Å². The Morgan fingerprint density at radius 1 is 1.04 bits per heavy atom. The van der Waals surface area contributed by atoms with Crippen molar-refractivity contribution < 1.29 is 9.53 Å². The van der Waals surface area contributed by atoms with E-state index in [4.69, 9.17) is 39.5 Å². The van der Waals surface area contributed by atoms with Crippen molar-refractivity contribution >= 4 is 40.9 Å². The van der Waals surface area contributed by atoms with E-state index in [-0.39, 0.29) is 12.1 Å². The van der Waals surface area contributed by atoms with Gasteiger partial charge < -0.3 is 4.74 Å². The first-order valence-electron chi connectivity index (χ1n) is 7.55. The summed E-state index contributed by atoms with van der Waals surface area (Å²) in [7, 11) is 0. The molecule has 1 heterocycles. The number of hydrogen-bond acceptors (Lipinski definition) is 2. The van der Waals surface area contributed by atoms with E-state index >= 15 is 0 Å². The summed E-state index contributed by atoms with van der Waals surface area (Å²) in [5.41, 5.74) is 1.70. The second-order valence-corrected chi connectivity index (χ2v) is 8.09. The zero-order valence-electron chi connectivity index (χ0n) is 12.9. The minimum absolute atomic E-state index is 0.00880. The molecule has 126 valence electrons. The van der Waals surface area contributed by atoms with E-state index in [1.54, 1.807) is 29.2 Å². The Balaban J connectivity index is 1.76. The van der Waals surface area contributed by atoms with Crippen molar-refractivity contribution in [1.82, 2.24) is 4.90 Å². The van der Waals surface area contributed by atoms with Gasteiger partial charge in [-0.2, -0.15) is 0 Å². The zero-order valence-corrected chi connectivity index (χ0v) is 15.2. The smallest absolute Gasteiger partial charge is 0.411 e. The molecule has 0 aliphatic carbocycles. The lowest BCUT2D eigenvalue weighted by Crippen LogP contribution is -2.26. The molecule has 6 heteroatoms. The summed E-state index contributed by atoms with van der Waals surface area (Å²) < 4.78 is 3.79. The number of halogens is 3. The predicted octanol–water partition coefficient (Wildman–Crippen LogP) is 5.68. The fourth-order valence-electron chi connectivity index (χ4n) is 2.83. The molecule has 3 rings (SSSR count). The molecule has 0 bridgehead atoms. The van der Waals surface area contributed by atoms with Crippen LogP contribution in [-0.4, -0.2) is 20.8 Å². The average molecular weight is 385 g/mol. The summed E-state index contributed by atoms with van der Waals surface area (Å²) in [6.45, 7) is 1.96. The maximum absolute atomic E-state index is 12.6. The molecule has 0 aromatic heterocycles. The molecule has 0 saturated carbocycles. The van der Waals surface area contributed by atoms with Crippen LogP contribution in [0.4, 0.5) is 4.79 Å². The number of hydrogen-bond donors (Lipinski definition) is 0. The Morgan fingerprint density at radius 3 is 2.12 bits per heavy atom. The molecule has 1 saturated heterocycles. The zero-order chi connectivity index (χ0) is 17.3. The van der Waals surface area contributed by atoms with Gasteiger partial charge in [0.1, 0.15) is 0 Å². The maximum atomic E-state index is 12.6. The largest absolute Gasteiger partial charge is 0.437 e. The standard InChI is InChI=1S/C18H16Cl3NO2/c1-12-15(13-8-4-2-5-9-13)22(12)17(23)24-16(18(19,20)21)14-10-6-3-7-11-14/h2-12,15-16H,1H3/t12-,15-,16+,22?/m0/s1. The molecule has 2 aromatic carbocycles. The molecular formula is C18H16Cl3NO2. The first-order valence-corrected chi connectivity index (χ1v) is 8.68. The first-order chi connectivity index (χ1) is 11.4. The van der Waals surface area contributed by atoms with Gasteiger partial charge in [-0.25, -0.2) is 4.79 Å². The highest BCUT2D eigenvalue weighted by Gasteiger charge is 2.51. The van der Waals surface area contributed by atoms with Crippen LogP contribution in [0, 0.1) is 0 Å². The van der Waals surface area contributed by atoms with Crippen molar-refractivity contribution in [3.05, 3.63) is 71.8 Å². The topological polar surface area (TPSA) is 29.3 Å². The van der Waals surface area contributed by atoms with Crippen LogP contribution in [0.2, 0.25) is 0 Å². The highest BCUT2D eigenvalue weighted by Crippen LogP contribution is 2.47. The highest BCUT2D eigenvalue weighted by molar-refractivity contribution is 6.68. The lowest BCUT2D eigenvalue weighted by Gasteiger charge is -2.25. The molecule has 1 aliphatic rings. The Kier molecular flexibility index (Phi) is 4.95. The summed E-state index contributed by atoms with van der Waals surface area (Å²) in [5.74, 6) is 0. The van der Waals surface area contributed by atoms with Crippen LogP contribution in [0.5, 0.6) is 0 Å². The molecular weight excluding hydrogens is 369 g/mol. The lowest BCUT2D eigenvalue weighted by molar-refractivity contribution is 0.0827. The molecule has 0 unspecified atom stereocenters. The molecule has 3 atom stereocenters. The third kappa shape index (κ3) is 3.64. The first kappa shape index (κ1) is 17.4. The summed E-state index contributed by atoms with van der Waals surface area (Å²) in [6.07, 6.45) is -1.46. The van der Waals surface area contributed by atoms with Crippen molar-refractivity contribution in [3.63, 3.8) is 0 Å². The van der Waals surface area contributed by atoms with Crippen LogP contribution in [0.1, 0.15) is 30.2 Å². The highest BCUT2D eigenvalue weighted by atomic mass is 35.6. The van der Waals surface area contributed by atoms with Gasteiger partial charge in [-0.3, -0.25) is 4.90 Å².